The molecule has 4 heteroatoms. The topological polar surface area (TPSA) is 63.6 Å². The van der Waals surface area contributed by atoms with Crippen LogP contribution in [0.1, 0.15) is 40.0 Å². The lowest BCUT2D eigenvalue weighted by Crippen LogP contribution is -2.38. The SMILES string of the molecule is CCCC1(C(=O)O)CC(C(C)C)C(=O)O1. The Morgan fingerprint density at radius 2 is 2.27 bits per heavy atom. The fraction of sp³-hybridized carbons (Fsp3) is 0.818. The maximum atomic E-state index is 11.5. The van der Waals surface area contributed by atoms with E-state index in [2.05, 4.69) is 0 Å². The highest BCUT2D eigenvalue weighted by Crippen LogP contribution is 2.38. The van der Waals surface area contributed by atoms with Crippen LogP contribution in [0.25, 0.3) is 0 Å². The Bertz CT molecular complexity index is 272. The molecule has 86 valence electrons. The Kier molecular flexibility index (Phi) is 3.37. The number of cyclic esters (lactones) is 1. The Hall–Kier alpha value is -1.06. The normalized spacial score (nSPS) is 30.7. The second kappa shape index (κ2) is 4.21. The molecule has 2 atom stereocenters. The molecule has 0 saturated carbocycles. The zero-order chi connectivity index (χ0) is 11.6. The van der Waals surface area contributed by atoms with Gasteiger partial charge in [-0.05, 0) is 12.3 Å². The summed E-state index contributed by atoms with van der Waals surface area (Å²) in [5.74, 6) is -1.51. The summed E-state index contributed by atoms with van der Waals surface area (Å²) < 4.78 is 5.09. The second-order valence-corrected chi connectivity index (χ2v) is 4.53. The predicted molar refractivity (Wildman–Crippen MR) is 54.3 cm³/mol. The number of hydrogen-bond donors (Lipinski definition) is 1. The summed E-state index contributed by atoms with van der Waals surface area (Å²) in [6, 6.07) is 0. The molecule has 0 spiro atoms. The fourth-order valence-electron chi connectivity index (χ4n) is 2.05. The minimum absolute atomic E-state index is 0.135. The minimum Gasteiger partial charge on any atom is -0.478 e. The first-order valence-electron chi connectivity index (χ1n) is 5.39. The van der Waals surface area contributed by atoms with Crippen LogP contribution in [0, 0.1) is 11.8 Å². The van der Waals surface area contributed by atoms with Gasteiger partial charge in [-0.15, -0.1) is 0 Å². The van der Waals surface area contributed by atoms with Crippen LogP contribution in [0.5, 0.6) is 0 Å². The molecule has 1 N–H and O–H groups in total. The first-order chi connectivity index (χ1) is 6.93. The van der Waals surface area contributed by atoms with Gasteiger partial charge in [-0.1, -0.05) is 27.2 Å². The van der Waals surface area contributed by atoms with Gasteiger partial charge in [-0.25, -0.2) is 4.79 Å². The summed E-state index contributed by atoms with van der Waals surface area (Å²) in [7, 11) is 0. The van der Waals surface area contributed by atoms with E-state index in [4.69, 9.17) is 9.84 Å². The van der Waals surface area contributed by atoms with Gasteiger partial charge in [0.1, 0.15) is 0 Å². The molecule has 2 unspecified atom stereocenters. The molecule has 1 aliphatic heterocycles. The Morgan fingerprint density at radius 1 is 1.67 bits per heavy atom. The summed E-state index contributed by atoms with van der Waals surface area (Å²) in [5.41, 5.74) is -1.26. The lowest BCUT2D eigenvalue weighted by molar-refractivity contribution is -0.170. The fourth-order valence-corrected chi connectivity index (χ4v) is 2.05. The van der Waals surface area contributed by atoms with Crippen molar-refractivity contribution in [3.8, 4) is 0 Å². The van der Waals surface area contributed by atoms with Crippen molar-refractivity contribution in [3.05, 3.63) is 0 Å². The van der Waals surface area contributed by atoms with Gasteiger partial charge in [-0.3, -0.25) is 4.79 Å². The van der Waals surface area contributed by atoms with Crippen molar-refractivity contribution < 1.29 is 19.4 Å². The third-order valence-corrected chi connectivity index (χ3v) is 3.00. The van der Waals surface area contributed by atoms with E-state index in [1.165, 1.54) is 0 Å². The molecule has 1 aliphatic rings. The standard InChI is InChI=1S/C11H18O4/c1-4-5-11(10(13)14)6-8(7(2)3)9(12)15-11/h7-8H,4-6H2,1-3H3,(H,13,14). The lowest BCUT2D eigenvalue weighted by atomic mass is 9.85. The monoisotopic (exact) mass is 214 g/mol. The molecule has 0 bridgehead atoms. The minimum atomic E-state index is -1.26. The zero-order valence-electron chi connectivity index (χ0n) is 9.45. The van der Waals surface area contributed by atoms with Crippen molar-refractivity contribution in [1.29, 1.82) is 0 Å². The number of carboxylic acids is 1. The van der Waals surface area contributed by atoms with Gasteiger partial charge in [0.05, 0.1) is 5.92 Å². The highest BCUT2D eigenvalue weighted by molar-refractivity contribution is 5.87. The number of esters is 1. The average molecular weight is 214 g/mol. The van der Waals surface area contributed by atoms with E-state index < -0.39 is 11.6 Å². The molecule has 0 aromatic carbocycles. The van der Waals surface area contributed by atoms with Crippen molar-refractivity contribution in [1.82, 2.24) is 0 Å². The van der Waals surface area contributed by atoms with Gasteiger partial charge in [0.15, 0.2) is 0 Å². The number of hydrogen-bond acceptors (Lipinski definition) is 3. The average Bonchev–Trinajstić information content (AvgIpc) is 2.45. The molecule has 0 aliphatic carbocycles. The molecule has 0 radical (unpaired) electrons. The number of carboxylic acid groups (broad SMARTS) is 1. The lowest BCUT2D eigenvalue weighted by Gasteiger charge is -2.21. The van der Waals surface area contributed by atoms with Gasteiger partial charge >= 0.3 is 11.9 Å². The molecule has 0 aromatic heterocycles. The molecule has 1 saturated heterocycles. The van der Waals surface area contributed by atoms with Gasteiger partial charge in [0.25, 0.3) is 0 Å². The number of rotatable bonds is 4. The molecule has 0 amide bonds. The van der Waals surface area contributed by atoms with E-state index in [0.717, 1.165) is 0 Å². The van der Waals surface area contributed by atoms with Gasteiger partial charge in [0.2, 0.25) is 5.60 Å². The van der Waals surface area contributed by atoms with Gasteiger partial charge in [0, 0.05) is 6.42 Å². The van der Waals surface area contributed by atoms with Crippen LogP contribution < -0.4 is 0 Å². The molecule has 1 heterocycles. The van der Waals surface area contributed by atoms with Crippen LogP contribution in [0.2, 0.25) is 0 Å². The van der Waals surface area contributed by atoms with Crippen LogP contribution in [0.3, 0.4) is 0 Å². The molecular formula is C11H18O4. The van der Waals surface area contributed by atoms with Crippen LogP contribution in [0.15, 0.2) is 0 Å². The van der Waals surface area contributed by atoms with Crippen molar-refractivity contribution in [2.45, 2.75) is 45.6 Å². The van der Waals surface area contributed by atoms with E-state index in [-0.39, 0.29) is 17.8 Å². The van der Waals surface area contributed by atoms with E-state index in [1.54, 1.807) is 0 Å². The Labute approximate surface area is 89.6 Å². The molecule has 4 nitrogen and oxygen atoms in total. The van der Waals surface area contributed by atoms with Crippen LogP contribution >= 0.6 is 0 Å². The number of ether oxygens (including phenoxy) is 1. The van der Waals surface area contributed by atoms with Crippen molar-refractivity contribution in [3.63, 3.8) is 0 Å². The van der Waals surface area contributed by atoms with Crippen molar-refractivity contribution in [2.75, 3.05) is 0 Å². The first-order valence-corrected chi connectivity index (χ1v) is 5.39. The molecular weight excluding hydrogens is 196 g/mol. The number of aliphatic carboxylic acids is 1. The van der Waals surface area contributed by atoms with Crippen LogP contribution in [-0.2, 0) is 14.3 Å². The van der Waals surface area contributed by atoms with Gasteiger partial charge < -0.3 is 9.84 Å². The molecule has 0 aromatic rings. The Balaban J connectivity index is 2.87. The van der Waals surface area contributed by atoms with E-state index in [1.807, 2.05) is 20.8 Å². The van der Waals surface area contributed by atoms with Gasteiger partial charge in [-0.2, -0.15) is 0 Å². The maximum absolute atomic E-state index is 11.5. The summed E-state index contributed by atoms with van der Waals surface area (Å²) in [6.45, 7) is 5.72. The third kappa shape index (κ3) is 2.13. The van der Waals surface area contributed by atoms with Crippen LogP contribution in [-0.4, -0.2) is 22.6 Å². The van der Waals surface area contributed by atoms with E-state index >= 15 is 0 Å². The number of carbonyl (C=O) groups is 2. The summed E-state index contributed by atoms with van der Waals surface area (Å²) in [5, 5.41) is 9.13. The predicted octanol–water partition coefficient (Wildman–Crippen LogP) is 1.83. The smallest absolute Gasteiger partial charge is 0.348 e. The van der Waals surface area contributed by atoms with E-state index in [9.17, 15) is 9.59 Å². The van der Waals surface area contributed by atoms with E-state index in [0.29, 0.717) is 19.3 Å². The molecule has 1 fully saturated rings. The highest BCUT2D eigenvalue weighted by atomic mass is 16.6. The zero-order valence-corrected chi connectivity index (χ0v) is 9.45. The molecule has 1 rings (SSSR count). The quantitative estimate of drug-likeness (QED) is 0.725. The van der Waals surface area contributed by atoms with Crippen molar-refractivity contribution in [2.24, 2.45) is 11.8 Å². The second-order valence-electron chi connectivity index (χ2n) is 4.53. The summed E-state index contributed by atoms with van der Waals surface area (Å²) in [4.78, 5) is 22.7. The van der Waals surface area contributed by atoms with Crippen LogP contribution in [0.4, 0.5) is 0 Å². The highest BCUT2D eigenvalue weighted by Gasteiger charge is 2.52. The first kappa shape index (κ1) is 12.0. The Morgan fingerprint density at radius 3 is 2.60 bits per heavy atom. The summed E-state index contributed by atoms with van der Waals surface area (Å²) in [6.07, 6.45) is 1.41. The van der Waals surface area contributed by atoms with Crippen molar-refractivity contribution >= 4 is 11.9 Å². The maximum Gasteiger partial charge on any atom is 0.348 e. The largest absolute Gasteiger partial charge is 0.478 e. The summed E-state index contributed by atoms with van der Waals surface area (Å²) >= 11 is 0. The number of carbonyl (C=O) groups excluding carboxylic acids is 1. The third-order valence-electron chi connectivity index (χ3n) is 3.00. The molecule has 15 heavy (non-hydrogen) atoms.